The Kier molecular flexibility index (Phi) is 2.52. The summed E-state index contributed by atoms with van der Waals surface area (Å²) in [7, 11) is 2.03. The first-order chi connectivity index (χ1) is 8.37. The summed E-state index contributed by atoms with van der Waals surface area (Å²) in [5.41, 5.74) is 2.94. The molecule has 1 N–H and O–H groups in total. The third-order valence-corrected chi connectivity index (χ3v) is 3.86. The normalized spacial score (nSPS) is 18.9. The van der Waals surface area contributed by atoms with Crippen LogP contribution in [0.1, 0.15) is 30.0 Å². The van der Waals surface area contributed by atoms with Gasteiger partial charge in [-0.05, 0) is 31.5 Å². The van der Waals surface area contributed by atoms with E-state index in [1.165, 1.54) is 24.0 Å². The standard InChI is InChI=1S/C15H17NO/c1-16-14(12-7-10-17-11-12)15(8-9-15)13-5-3-2-4-6-13/h2-7,10-11,14,16H,8-9H2,1H3. The molecule has 1 heterocycles. The van der Waals surface area contributed by atoms with Gasteiger partial charge >= 0.3 is 0 Å². The first kappa shape index (κ1) is 10.6. The molecule has 0 saturated heterocycles. The highest BCUT2D eigenvalue weighted by atomic mass is 16.3. The van der Waals surface area contributed by atoms with Crippen molar-refractivity contribution in [1.82, 2.24) is 5.32 Å². The van der Waals surface area contributed by atoms with Crippen molar-refractivity contribution in [2.75, 3.05) is 7.05 Å². The second-order valence-corrected chi connectivity index (χ2v) is 4.80. The van der Waals surface area contributed by atoms with Crippen LogP contribution in [0.3, 0.4) is 0 Å². The monoisotopic (exact) mass is 227 g/mol. The van der Waals surface area contributed by atoms with E-state index in [1.54, 1.807) is 6.26 Å². The number of furan rings is 1. The van der Waals surface area contributed by atoms with Gasteiger partial charge in [-0.2, -0.15) is 0 Å². The molecule has 1 atom stereocenters. The summed E-state index contributed by atoms with van der Waals surface area (Å²) in [4.78, 5) is 0. The number of hydrogen-bond acceptors (Lipinski definition) is 2. The van der Waals surface area contributed by atoms with Gasteiger partial charge in [-0.15, -0.1) is 0 Å². The quantitative estimate of drug-likeness (QED) is 0.867. The van der Waals surface area contributed by atoms with Gasteiger partial charge in [-0.25, -0.2) is 0 Å². The summed E-state index contributed by atoms with van der Waals surface area (Å²) in [5, 5.41) is 3.45. The molecule has 17 heavy (non-hydrogen) atoms. The zero-order valence-electron chi connectivity index (χ0n) is 10.0. The van der Waals surface area contributed by atoms with Gasteiger partial charge in [0.25, 0.3) is 0 Å². The van der Waals surface area contributed by atoms with Crippen LogP contribution in [-0.2, 0) is 5.41 Å². The van der Waals surface area contributed by atoms with E-state index in [2.05, 4.69) is 41.7 Å². The number of rotatable bonds is 4. The fourth-order valence-electron chi connectivity index (χ4n) is 2.85. The van der Waals surface area contributed by atoms with Crippen LogP contribution in [-0.4, -0.2) is 7.05 Å². The van der Waals surface area contributed by atoms with Crippen LogP contribution in [0.2, 0.25) is 0 Å². The molecule has 0 aliphatic heterocycles. The minimum Gasteiger partial charge on any atom is -0.472 e. The number of hydrogen-bond donors (Lipinski definition) is 1. The molecule has 0 spiro atoms. The molecule has 1 aliphatic carbocycles. The molecule has 1 aromatic carbocycles. The summed E-state index contributed by atoms with van der Waals surface area (Å²) in [6.07, 6.45) is 6.09. The van der Waals surface area contributed by atoms with Gasteiger partial charge in [0.2, 0.25) is 0 Å². The molecule has 1 aromatic heterocycles. The maximum atomic E-state index is 5.22. The molecule has 3 rings (SSSR count). The summed E-state index contributed by atoms with van der Waals surface area (Å²) in [6.45, 7) is 0. The van der Waals surface area contributed by atoms with Crippen LogP contribution in [0.5, 0.6) is 0 Å². The number of likely N-dealkylation sites (N-methyl/N-ethyl adjacent to an activating group) is 1. The SMILES string of the molecule is CNC(c1ccoc1)C1(c2ccccc2)CC1. The molecule has 1 fully saturated rings. The highest BCUT2D eigenvalue weighted by Crippen LogP contribution is 2.56. The molecule has 2 aromatic rings. The average molecular weight is 227 g/mol. The molecular weight excluding hydrogens is 210 g/mol. The highest BCUT2D eigenvalue weighted by Gasteiger charge is 2.50. The third-order valence-electron chi connectivity index (χ3n) is 3.86. The van der Waals surface area contributed by atoms with Crippen LogP contribution >= 0.6 is 0 Å². The van der Waals surface area contributed by atoms with E-state index in [0.717, 1.165) is 0 Å². The van der Waals surface area contributed by atoms with Gasteiger partial charge in [0.15, 0.2) is 0 Å². The Balaban J connectivity index is 1.97. The van der Waals surface area contributed by atoms with Gasteiger partial charge < -0.3 is 9.73 Å². The van der Waals surface area contributed by atoms with E-state index in [0.29, 0.717) is 6.04 Å². The van der Waals surface area contributed by atoms with Crippen molar-refractivity contribution in [3.63, 3.8) is 0 Å². The third kappa shape index (κ3) is 1.69. The molecule has 0 amide bonds. The molecule has 0 bridgehead atoms. The summed E-state index contributed by atoms with van der Waals surface area (Å²) >= 11 is 0. The van der Waals surface area contributed by atoms with E-state index in [9.17, 15) is 0 Å². The van der Waals surface area contributed by atoms with Gasteiger partial charge in [0, 0.05) is 17.0 Å². The molecular formula is C15H17NO. The predicted molar refractivity (Wildman–Crippen MR) is 67.9 cm³/mol. The van der Waals surface area contributed by atoms with Gasteiger partial charge in [-0.1, -0.05) is 30.3 Å². The molecule has 88 valence electrons. The fourth-order valence-corrected chi connectivity index (χ4v) is 2.85. The average Bonchev–Trinajstić information content (AvgIpc) is 3.00. The van der Waals surface area contributed by atoms with Crippen LogP contribution in [0.15, 0.2) is 53.3 Å². The summed E-state index contributed by atoms with van der Waals surface area (Å²) in [5.74, 6) is 0. The van der Waals surface area contributed by atoms with Gasteiger partial charge in [0.1, 0.15) is 0 Å². The van der Waals surface area contributed by atoms with Gasteiger partial charge in [0.05, 0.1) is 12.5 Å². The lowest BCUT2D eigenvalue weighted by atomic mass is 9.85. The molecule has 1 aliphatic rings. The summed E-state index contributed by atoms with van der Waals surface area (Å²) < 4.78 is 5.22. The highest BCUT2D eigenvalue weighted by molar-refractivity contribution is 5.37. The second-order valence-electron chi connectivity index (χ2n) is 4.80. The van der Waals surface area contributed by atoms with Crippen molar-refractivity contribution >= 4 is 0 Å². The fraction of sp³-hybridized carbons (Fsp3) is 0.333. The predicted octanol–water partition coefficient (Wildman–Crippen LogP) is 3.27. The lowest BCUT2D eigenvalue weighted by molar-refractivity contribution is 0.455. The van der Waals surface area contributed by atoms with Gasteiger partial charge in [-0.3, -0.25) is 0 Å². The Labute approximate surface area is 102 Å². The first-order valence-electron chi connectivity index (χ1n) is 6.12. The smallest absolute Gasteiger partial charge is 0.0950 e. The van der Waals surface area contributed by atoms with E-state index in [-0.39, 0.29) is 5.41 Å². The minimum atomic E-state index is 0.264. The Morgan fingerprint density at radius 3 is 2.47 bits per heavy atom. The maximum absolute atomic E-state index is 5.22. The minimum absolute atomic E-state index is 0.264. The second kappa shape index (κ2) is 4.04. The van der Waals surface area contributed by atoms with Crippen LogP contribution in [0.25, 0.3) is 0 Å². The van der Waals surface area contributed by atoms with Crippen molar-refractivity contribution in [2.45, 2.75) is 24.3 Å². The molecule has 2 heteroatoms. The number of benzene rings is 1. The zero-order valence-corrected chi connectivity index (χ0v) is 10.0. The van der Waals surface area contributed by atoms with Crippen molar-refractivity contribution in [3.05, 3.63) is 60.1 Å². The van der Waals surface area contributed by atoms with Crippen LogP contribution in [0.4, 0.5) is 0 Å². The Morgan fingerprint density at radius 1 is 1.18 bits per heavy atom. The van der Waals surface area contributed by atoms with Crippen LogP contribution in [0, 0.1) is 0 Å². The Hall–Kier alpha value is -1.54. The Bertz CT molecular complexity index is 471. The lowest BCUT2D eigenvalue weighted by Crippen LogP contribution is -2.29. The van der Waals surface area contributed by atoms with Crippen molar-refractivity contribution < 1.29 is 4.42 Å². The zero-order chi connectivity index (χ0) is 11.7. The van der Waals surface area contributed by atoms with E-state index < -0.39 is 0 Å². The first-order valence-corrected chi connectivity index (χ1v) is 6.12. The van der Waals surface area contributed by atoms with E-state index in [4.69, 9.17) is 4.42 Å². The van der Waals surface area contributed by atoms with E-state index >= 15 is 0 Å². The maximum Gasteiger partial charge on any atom is 0.0950 e. The van der Waals surface area contributed by atoms with E-state index in [1.807, 2.05) is 13.3 Å². The van der Waals surface area contributed by atoms with Crippen molar-refractivity contribution in [3.8, 4) is 0 Å². The topological polar surface area (TPSA) is 25.2 Å². The number of nitrogens with one attached hydrogen (secondary N) is 1. The molecule has 2 nitrogen and oxygen atoms in total. The lowest BCUT2D eigenvalue weighted by Gasteiger charge is -2.26. The molecule has 1 saturated carbocycles. The van der Waals surface area contributed by atoms with Crippen molar-refractivity contribution in [2.24, 2.45) is 0 Å². The molecule has 1 unspecified atom stereocenters. The van der Waals surface area contributed by atoms with Crippen molar-refractivity contribution in [1.29, 1.82) is 0 Å². The molecule has 0 radical (unpaired) electrons. The van der Waals surface area contributed by atoms with Crippen LogP contribution < -0.4 is 5.32 Å². The largest absolute Gasteiger partial charge is 0.472 e. The Morgan fingerprint density at radius 2 is 1.94 bits per heavy atom. The summed E-state index contributed by atoms with van der Waals surface area (Å²) in [6, 6.07) is 13.2.